The van der Waals surface area contributed by atoms with Crippen molar-refractivity contribution >= 4 is 10.9 Å². The van der Waals surface area contributed by atoms with Crippen LogP contribution in [0.5, 0.6) is 0 Å². The molecule has 0 aliphatic rings. The first-order valence-corrected chi connectivity index (χ1v) is 5.60. The van der Waals surface area contributed by atoms with Crippen LogP contribution in [0.3, 0.4) is 0 Å². The molecule has 0 saturated carbocycles. The maximum Gasteiger partial charge on any atom is 0.261 e. The van der Waals surface area contributed by atoms with Crippen LogP contribution in [0, 0.1) is 6.92 Å². The van der Waals surface area contributed by atoms with Gasteiger partial charge in [-0.1, -0.05) is 17.3 Å². The molecule has 0 aliphatic carbocycles. The van der Waals surface area contributed by atoms with Crippen molar-refractivity contribution in [3.8, 4) is 0 Å². The minimum atomic E-state index is -0.0744. The van der Waals surface area contributed by atoms with Crippen molar-refractivity contribution in [2.45, 2.75) is 13.5 Å². The van der Waals surface area contributed by atoms with E-state index in [9.17, 15) is 4.79 Å². The molecule has 5 heteroatoms. The molecular formula is C13H11N3O2. The van der Waals surface area contributed by atoms with Gasteiger partial charge >= 0.3 is 0 Å². The van der Waals surface area contributed by atoms with Gasteiger partial charge in [0, 0.05) is 6.07 Å². The van der Waals surface area contributed by atoms with Gasteiger partial charge in [0.25, 0.3) is 5.56 Å². The van der Waals surface area contributed by atoms with Crippen LogP contribution in [0.25, 0.3) is 10.9 Å². The van der Waals surface area contributed by atoms with E-state index in [-0.39, 0.29) is 5.56 Å². The van der Waals surface area contributed by atoms with E-state index in [2.05, 4.69) is 10.1 Å². The third-order valence-corrected chi connectivity index (χ3v) is 2.73. The fraction of sp³-hybridized carbons (Fsp3) is 0.154. The fourth-order valence-corrected chi connectivity index (χ4v) is 1.88. The highest BCUT2D eigenvalue weighted by Crippen LogP contribution is 2.07. The molecule has 0 saturated heterocycles. The van der Waals surface area contributed by atoms with Crippen molar-refractivity contribution in [2.75, 3.05) is 0 Å². The summed E-state index contributed by atoms with van der Waals surface area (Å²) >= 11 is 0. The Bertz CT molecular complexity index is 758. The Hall–Kier alpha value is -2.43. The van der Waals surface area contributed by atoms with Gasteiger partial charge in [0.1, 0.15) is 0 Å². The van der Waals surface area contributed by atoms with E-state index in [0.29, 0.717) is 23.2 Å². The van der Waals surface area contributed by atoms with Crippen LogP contribution in [0.1, 0.15) is 11.5 Å². The van der Waals surface area contributed by atoms with Gasteiger partial charge in [-0.05, 0) is 19.1 Å². The van der Waals surface area contributed by atoms with Gasteiger partial charge < -0.3 is 4.52 Å². The highest BCUT2D eigenvalue weighted by atomic mass is 16.5. The summed E-state index contributed by atoms with van der Waals surface area (Å²) in [6.45, 7) is 2.19. The van der Waals surface area contributed by atoms with Gasteiger partial charge in [0.2, 0.25) is 0 Å². The molecule has 0 N–H and O–H groups in total. The second-order valence-corrected chi connectivity index (χ2v) is 4.13. The predicted molar refractivity (Wildman–Crippen MR) is 66.3 cm³/mol. The molecule has 0 spiro atoms. The molecule has 0 amide bonds. The molecule has 0 radical (unpaired) electrons. The average Bonchev–Trinajstić information content (AvgIpc) is 2.79. The molecule has 2 aromatic heterocycles. The van der Waals surface area contributed by atoms with Crippen LogP contribution in [0.2, 0.25) is 0 Å². The van der Waals surface area contributed by atoms with Crippen LogP contribution >= 0.6 is 0 Å². The Kier molecular flexibility index (Phi) is 2.44. The number of hydrogen-bond acceptors (Lipinski definition) is 4. The van der Waals surface area contributed by atoms with E-state index in [0.717, 1.165) is 5.69 Å². The first-order valence-electron chi connectivity index (χ1n) is 5.60. The van der Waals surface area contributed by atoms with Gasteiger partial charge in [0.05, 0.1) is 29.5 Å². The van der Waals surface area contributed by atoms with Crippen LogP contribution in [-0.2, 0) is 6.54 Å². The monoisotopic (exact) mass is 241 g/mol. The molecule has 3 aromatic rings. The van der Waals surface area contributed by atoms with Gasteiger partial charge in [-0.15, -0.1) is 0 Å². The highest BCUT2D eigenvalue weighted by molar-refractivity contribution is 5.76. The maximum atomic E-state index is 12.2. The van der Waals surface area contributed by atoms with Gasteiger partial charge in [-0.2, -0.15) is 0 Å². The summed E-state index contributed by atoms with van der Waals surface area (Å²) in [4.78, 5) is 16.4. The third-order valence-electron chi connectivity index (χ3n) is 2.73. The molecule has 0 atom stereocenters. The lowest BCUT2D eigenvalue weighted by molar-refractivity contribution is 0.371. The molecule has 1 aromatic carbocycles. The number of aromatic nitrogens is 3. The van der Waals surface area contributed by atoms with Crippen LogP contribution < -0.4 is 5.56 Å². The number of hydrogen-bond donors (Lipinski definition) is 0. The van der Waals surface area contributed by atoms with E-state index < -0.39 is 0 Å². The Balaban J connectivity index is 2.08. The largest absolute Gasteiger partial charge is 0.359 e. The molecule has 3 rings (SSSR count). The molecule has 0 aliphatic heterocycles. The summed E-state index contributed by atoms with van der Waals surface area (Å²) in [5.74, 6) is 0.645. The third kappa shape index (κ3) is 1.79. The van der Waals surface area contributed by atoms with E-state index in [1.54, 1.807) is 6.07 Å². The maximum absolute atomic E-state index is 12.2. The number of nitrogens with zero attached hydrogens (tertiary/aromatic N) is 3. The lowest BCUT2D eigenvalue weighted by Gasteiger charge is -2.03. The number of fused-ring (bicyclic) bond motifs is 1. The molecule has 0 bridgehead atoms. The van der Waals surface area contributed by atoms with Crippen LogP contribution in [0.4, 0.5) is 0 Å². The van der Waals surface area contributed by atoms with Gasteiger partial charge in [-0.25, -0.2) is 4.98 Å². The number of para-hydroxylation sites is 1. The normalized spacial score (nSPS) is 10.9. The van der Waals surface area contributed by atoms with Crippen LogP contribution in [0.15, 0.2) is 46.0 Å². The van der Waals surface area contributed by atoms with Gasteiger partial charge in [-0.3, -0.25) is 9.36 Å². The Morgan fingerprint density at radius 1 is 1.33 bits per heavy atom. The molecule has 0 unspecified atom stereocenters. The zero-order valence-corrected chi connectivity index (χ0v) is 9.83. The van der Waals surface area contributed by atoms with E-state index in [1.807, 2.05) is 31.2 Å². The van der Waals surface area contributed by atoms with Crippen molar-refractivity contribution in [1.82, 2.24) is 14.7 Å². The summed E-state index contributed by atoms with van der Waals surface area (Å²) in [6, 6.07) is 9.08. The number of benzene rings is 1. The molecule has 5 nitrogen and oxygen atoms in total. The molecule has 18 heavy (non-hydrogen) atoms. The Labute approximate surface area is 103 Å². The van der Waals surface area contributed by atoms with Crippen molar-refractivity contribution in [1.29, 1.82) is 0 Å². The minimum Gasteiger partial charge on any atom is -0.359 e. The standard InChI is InChI=1S/C13H11N3O2/c1-9-6-10(18-15-9)7-16-8-14-12-5-3-2-4-11(12)13(16)17/h2-6,8H,7H2,1H3. The lowest BCUT2D eigenvalue weighted by Crippen LogP contribution is -2.20. The summed E-state index contributed by atoms with van der Waals surface area (Å²) in [5.41, 5.74) is 1.42. The highest BCUT2D eigenvalue weighted by Gasteiger charge is 2.06. The SMILES string of the molecule is Cc1cc(Cn2cnc3ccccc3c2=O)on1. The Morgan fingerprint density at radius 2 is 2.17 bits per heavy atom. The predicted octanol–water partition coefficient (Wildman–Crippen LogP) is 1.74. The number of rotatable bonds is 2. The first-order chi connectivity index (χ1) is 8.74. The lowest BCUT2D eigenvalue weighted by atomic mass is 10.2. The van der Waals surface area contributed by atoms with Gasteiger partial charge in [0.15, 0.2) is 5.76 Å². The van der Waals surface area contributed by atoms with Crippen LogP contribution in [-0.4, -0.2) is 14.7 Å². The first kappa shape index (κ1) is 10.7. The van der Waals surface area contributed by atoms with Crippen molar-refractivity contribution in [2.24, 2.45) is 0 Å². The smallest absolute Gasteiger partial charge is 0.261 e. The molecular weight excluding hydrogens is 230 g/mol. The topological polar surface area (TPSA) is 60.9 Å². The van der Waals surface area contributed by atoms with E-state index in [1.165, 1.54) is 10.9 Å². The summed E-state index contributed by atoms with van der Waals surface area (Å²) in [7, 11) is 0. The molecule has 0 fully saturated rings. The van der Waals surface area contributed by atoms with Crippen molar-refractivity contribution < 1.29 is 4.52 Å². The molecule has 2 heterocycles. The second kappa shape index (κ2) is 4.10. The summed E-state index contributed by atoms with van der Waals surface area (Å²) in [5, 5.41) is 4.40. The quantitative estimate of drug-likeness (QED) is 0.685. The zero-order valence-electron chi connectivity index (χ0n) is 9.83. The zero-order chi connectivity index (χ0) is 12.5. The van der Waals surface area contributed by atoms with Crippen molar-refractivity contribution in [3.05, 3.63) is 58.5 Å². The average molecular weight is 241 g/mol. The summed E-state index contributed by atoms with van der Waals surface area (Å²) in [6.07, 6.45) is 1.53. The van der Waals surface area contributed by atoms with Crippen molar-refractivity contribution in [3.63, 3.8) is 0 Å². The minimum absolute atomic E-state index is 0.0744. The summed E-state index contributed by atoms with van der Waals surface area (Å²) < 4.78 is 6.61. The molecule has 90 valence electrons. The van der Waals surface area contributed by atoms with E-state index in [4.69, 9.17) is 4.52 Å². The Morgan fingerprint density at radius 3 is 2.94 bits per heavy atom. The number of aryl methyl sites for hydroxylation is 1. The van der Waals surface area contributed by atoms with E-state index >= 15 is 0 Å². The fourth-order valence-electron chi connectivity index (χ4n) is 1.88. The second-order valence-electron chi connectivity index (χ2n) is 4.13.